The van der Waals surface area contributed by atoms with Gasteiger partial charge in [-0.05, 0) is 30.0 Å². The summed E-state index contributed by atoms with van der Waals surface area (Å²) in [5.41, 5.74) is 6.09. The second-order valence-electron chi connectivity index (χ2n) is 8.14. The third kappa shape index (κ3) is 5.24. The monoisotopic (exact) mass is 605 g/mol. The molecule has 0 unspecified atom stereocenters. The highest BCUT2D eigenvalue weighted by Gasteiger charge is 2.53. The van der Waals surface area contributed by atoms with Crippen LogP contribution in [0.25, 0.3) is 5.65 Å². The SMILES string of the molecule is CC[n+]1ccn2nc(S/C=C/C3=C(C(=O)[O-])N4C(=O)[C@@H](NC(=O)/C(=N\OCF)c5nsc(N)n5)[C@H]4SC3)ccc21. The molecule has 0 radical (unpaired) electrons. The van der Waals surface area contributed by atoms with Gasteiger partial charge in [-0.1, -0.05) is 22.0 Å². The number of carboxylic acid groups (broad SMARTS) is 1. The molecular formula is C22H20FN9O5S3. The van der Waals surface area contributed by atoms with Crippen molar-refractivity contribution in [2.75, 3.05) is 18.3 Å². The van der Waals surface area contributed by atoms with Gasteiger partial charge in [-0.25, -0.2) is 8.96 Å². The van der Waals surface area contributed by atoms with Crippen molar-refractivity contribution >= 4 is 69.3 Å². The normalized spacial score (nSPS) is 19.2. The molecule has 1 fully saturated rings. The van der Waals surface area contributed by atoms with E-state index in [0.29, 0.717) is 10.6 Å². The molecule has 0 aliphatic carbocycles. The van der Waals surface area contributed by atoms with E-state index in [1.165, 1.54) is 23.5 Å². The number of allylic oxidation sites excluding steroid dienone is 1. The van der Waals surface area contributed by atoms with Gasteiger partial charge in [0, 0.05) is 23.4 Å². The summed E-state index contributed by atoms with van der Waals surface area (Å²) in [6.45, 7) is 1.53. The lowest BCUT2D eigenvalue weighted by Crippen LogP contribution is -2.71. The summed E-state index contributed by atoms with van der Waals surface area (Å²) in [6, 6.07) is 2.71. The van der Waals surface area contributed by atoms with E-state index in [1.54, 1.807) is 16.0 Å². The van der Waals surface area contributed by atoms with Gasteiger partial charge in [-0.15, -0.1) is 16.3 Å². The van der Waals surface area contributed by atoms with E-state index in [9.17, 15) is 23.9 Å². The van der Waals surface area contributed by atoms with Crippen LogP contribution < -0.4 is 20.7 Å². The quantitative estimate of drug-likeness (QED) is 0.0992. The summed E-state index contributed by atoms with van der Waals surface area (Å²) in [4.78, 5) is 47.1. The minimum atomic E-state index is -1.52. The summed E-state index contributed by atoms with van der Waals surface area (Å²) in [6.07, 6.45) is 5.37. The Bertz CT molecular complexity index is 1590. The Morgan fingerprint density at radius 1 is 1.45 bits per heavy atom. The second-order valence-corrected chi connectivity index (χ2v) is 11.0. The minimum Gasteiger partial charge on any atom is -0.543 e. The minimum absolute atomic E-state index is 0.0395. The van der Waals surface area contributed by atoms with Gasteiger partial charge in [0.2, 0.25) is 11.5 Å². The van der Waals surface area contributed by atoms with Crippen molar-refractivity contribution in [3.63, 3.8) is 0 Å². The number of nitrogens with two attached hydrogens (primary N) is 1. The number of carbonyl (C=O) groups is 3. The Kier molecular flexibility index (Phi) is 7.99. The predicted octanol–water partition coefficient (Wildman–Crippen LogP) is -0.567. The number of hydrogen-bond acceptors (Lipinski definition) is 13. The van der Waals surface area contributed by atoms with Crippen molar-refractivity contribution in [3.8, 4) is 0 Å². The number of nitrogen functional groups attached to an aromatic ring is 1. The summed E-state index contributed by atoms with van der Waals surface area (Å²) in [5, 5.41) is 24.1. The Hall–Kier alpha value is -4.03. The highest BCUT2D eigenvalue weighted by atomic mass is 32.2. The fourth-order valence-electron chi connectivity index (χ4n) is 4.06. The molecule has 0 bridgehead atoms. The molecule has 18 heteroatoms. The lowest BCUT2D eigenvalue weighted by atomic mass is 10.0. The fourth-order valence-corrected chi connectivity index (χ4v) is 6.47. The molecule has 3 N–H and O–H groups in total. The highest BCUT2D eigenvalue weighted by molar-refractivity contribution is 8.02. The molecule has 0 saturated carbocycles. The van der Waals surface area contributed by atoms with Crippen LogP contribution in [-0.2, 0) is 25.8 Å². The number of nitrogens with zero attached hydrogens (tertiary/aromatic N) is 7. The van der Waals surface area contributed by atoms with Gasteiger partial charge in [-0.2, -0.15) is 9.36 Å². The number of carboxylic acids is 1. The number of anilines is 1. The number of rotatable bonds is 10. The van der Waals surface area contributed by atoms with E-state index in [2.05, 4.69) is 29.8 Å². The van der Waals surface area contributed by atoms with Crippen molar-refractivity contribution in [1.29, 1.82) is 0 Å². The van der Waals surface area contributed by atoms with Crippen LogP contribution >= 0.6 is 35.1 Å². The number of carbonyl (C=O) groups excluding carboxylic acids is 3. The van der Waals surface area contributed by atoms with Crippen LogP contribution in [0.3, 0.4) is 0 Å². The molecule has 40 heavy (non-hydrogen) atoms. The number of amides is 2. The molecule has 0 spiro atoms. The van der Waals surface area contributed by atoms with Crippen molar-refractivity contribution in [2.45, 2.75) is 29.9 Å². The van der Waals surface area contributed by atoms with E-state index < -0.39 is 41.8 Å². The Morgan fingerprint density at radius 3 is 2.98 bits per heavy atom. The number of hydrogen-bond donors (Lipinski definition) is 2. The maximum atomic E-state index is 13.0. The molecule has 1 saturated heterocycles. The van der Waals surface area contributed by atoms with Crippen molar-refractivity contribution in [2.24, 2.45) is 5.16 Å². The summed E-state index contributed by atoms with van der Waals surface area (Å²) >= 11 is 3.33. The van der Waals surface area contributed by atoms with Crippen molar-refractivity contribution in [3.05, 3.63) is 53.1 Å². The number of halogens is 1. The van der Waals surface area contributed by atoms with Gasteiger partial charge in [0.25, 0.3) is 18.7 Å². The summed E-state index contributed by atoms with van der Waals surface area (Å²) in [5.74, 6) is -3.07. The Labute approximate surface area is 237 Å². The number of aliphatic carboxylic acids is 1. The Balaban J connectivity index is 1.30. The van der Waals surface area contributed by atoms with E-state index in [1.807, 2.05) is 36.0 Å². The number of imidazole rings is 1. The maximum Gasteiger partial charge on any atom is 0.307 e. The first-order chi connectivity index (χ1) is 19.3. The average molecular weight is 606 g/mol. The van der Waals surface area contributed by atoms with E-state index in [-0.39, 0.29) is 22.4 Å². The molecule has 2 aliphatic heterocycles. The lowest BCUT2D eigenvalue weighted by Gasteiger charge is -2.50. The summed E-state index contributed by atoms with van der Waals surface area (Å²) in [7, 11) is 0. The van der Waals surface area contributed by atoms with Gasteiger partial charge in [-0.3, -0.25) is 14.5 Å². The molecule has 5 rings (SSSR count). The first-order valence-corrected chi connectivity index (χ1v) is 14.3. The molecule has 5 heterocycles. The van der Waals surface area contributed by atoms with Crippen LogP contribution in [0.4, 0.5) is 9.52 Å². The zero-order valence-electron chi connectivity index (χ0n) is 20.6. The number of thioether (sulfide) groups is 2. The standard InChI is InChI=1S/C22H20FN9O5S3/c1-2-30-6-7-31-13(30)4-3-12(27-31)38-8-5-11-9-39-20-15(19(34)32(20)16(11)21(35)36)25-18(33)14(28-37-10-23)17-26-22(24)40-29-17/h3-8,15,20H,2,9-10H2,1H3,(H3-,24,25,26,29,33,35,36)/b8-5+,28-14-/t15-,20-/m1/s1. The number of fused-ring (bicyclic) bond motifs is 2. The van der Waals surface area contributed by atoms with Crippen molar-refractivity contribution < 1.29 is 33.3 Å². The number of nitrogens with one attached hydrogen (secondary N) is 1. The molecule has 2 amide bonds. The molecule has 0 aromatic carbocycles. The summed E-state index contributed by atoms with van der Waals surface area (Å²) < 4.78 is 20.2. The molecule has 2 atom stereocenters. The number of oxime groups is 1. The number of aromatic nitrogens is 5. The van der Waals surface area contributed by atoms with Crippen LogP contribution in [0.1, 0.15) is 12.7 Å². The van der Waals surface area contributed by atoms with Gasteiger partial charge in [0.05, 0.1) is 18.2 Å². The van der Waals surface area contributed by atoms with Crippen LogP contribution in [0, 0.1) is 0 Å². The van der Waals surface area contributed by atoms with Crippen LogP contribution in [0.5, 0.6) is 0 Å². The molecule has 2 aliphatic rings. The third-order valence-electron chi connectivity index (χ3n) is 5.85. The maximum absolute atomic E-state index is 13.0. The average Bonchev–Trinajstić information content (AvgIpc) is 3.56. The highest BCUT2D eigenvalue weighted by Crippen LogP contribution is 2.40. The zero-order chi connectivity index (χ0) is 28.4. The first-order valence-electron chi connectivity index (χ1n) is 11.6. The molecule has 208 valence electrons. The molecular weight excluding hydrogens is 585 g/mol. The Morgan fingerprint density at radius 2 is 2.27 bits per heavy atom. The first kappa shape index (κ1) is 27.5. The second kappa shape index (κ2) is 11.6. The van der Waals surface area contributed by atoms with Gasteiger partial charge >= 0.3 is 5.65 Å². The van der Waals surface area contributed by atoms with Gasteiger partial charge in [0.1, 0.15) is 22.6 Å². The fraction of sp³-hybridized carbons (Fsp3) is 0.273. The topological polar surface area (TPSA) is 184 Å². The van der Waals surface area contributed by atoms with E-state index in [0.717, 1.165) is 28.6 Å². The smallest absolute Gasteiger partial charge is 0.307 e. The van der Waals surface area contributed by atoms with E-state index in [4.69, 9.17) is 5.73 Å². The number of β-lactam (4-membered cyclic amide) rings is 1. The van der Waals surface area contributed by atoms with Gasteiger partial charge in [0.15, 0.2) is 11.3 Å². The van der Waals surface area contributed by atoms with Crippen LogP contribution in [0.15, 0.2) is 57.5 Å². The predicted molar refractivity (Wildman–Crippen MR) is 141 cm³/mol. The third-order valence-corrected chi connectivity index (χ3v) is 8.42. The largest absolute Gasteiger partial charge is 0.543 e. The molecule has 3 aromatic rings. The van der Waals surface area contributed by atoms with Crippen LogP contribution in [0.2, 0.25) is 0 Å². The van der Waals surface area contributed by atoms with E-state index >= 15 is 0 Å². The molecule has 3 aromatic heterocycles. The van der Waals surface area contributed by atoms with Crippen molar-refractivity contribution in [1.82, 2.24) is 29.2 Å². The number of alkyl halides is 1. The number of aryl methyl sites for hydroxylation is 1. The molecule has 14 nitrogen and oxygen atoms in total. The van der Waals surface area contributed by atoms with Crippen LogP contribution in [-0.4, -0.2) is 71.4 Å². The lowest BCUT2D eigenvalue weighted by molar-refractivity contribution is -0.667. The zero-order valence-corrected chi connectivity index (χ0v) is 23.0. The van der Waals surface area contributed by atoms with Gasteiger partial charge < -0.3 is 25.8 Å².